The third-order valence-corrected chi connectivity index (χ3v) is 8.94. The number of aryl methyl sites for hydroxylation is 3. The maximum absolute atomic E-state index is 3.57. The highest BCUT2D eigenvalue weighted by molar-refractivity contribution is 5.62. The van der Waals surface area contributed by atoms with E-state index >= 15 is 0 Å². The van der Waals surface area contributed by atoms with Crippen molar-refractivity contribution < 1.29 is 0 Å². The van der Waals surface area contributed by atoms with Crippen molar-refractivity contribution >= 4 is 22.7 Å². The molecule has 1 saturated carbocycles. The molecule has 5 aromatic carbocycles. The molecule has 41 heavy (non-hydrogen) atoms. The van der Waals surface area contributed by atoms with Crippen LogP contribution in [-0.4, -0.2) is 0 Å². The number of nitrogens with one attached hydrogen (secondary N) is 2. The first kappa shape index (κ1) is 26.9. The Kier molecular flexibility index (Phi) is 7.65. The third-order valence-electron chi connectivity index (χ3n) is 8.94. The van der Waals surface area contributed by atoms with Crippen LogP contribution in [0.15, 0.2) is 121 Å². The van der Waals surface area contributed by atoms with Crippen LogP contribution in [0.4, 0.5) is 22.7 Å². The van der Waals surface area contributed by atoms with Crippen LogP contribution in [0.3, 0.4) is 0 Å². The van der Waals surface area contributed by atoms with Gasteiger partial charge in [-0.25, -0.2) is 0 Å². The van der Waals surface area contributed by atoms with E-state index < -0.39 is 0 Å². The summed E-state index contributed by atoms with van der Waals surface area (Å²) >= 11 is 0. The van der Waals surface area contributed by atoms with Crippen molar-refractivity contribution in [3.8, 4) is 0 Å². The van der Waals surface area contributed by atoms with Crippen LogP contribution in [0, 0.1) is 20.8 Å². The minimum atomic E-state index is 0.00593. The Hall–Kier alpha value is -4.30. The van der Waals surface area contributed by atoms with Gasteiger partial charge in [0.15, 0.2) is 0 Å². The predicted molar refractivity (Wildman–Crippen MR) is 175 cm³/mol. The van der Waals surface area contributed by atoms with E-state index in [2.05, 4.69) is 153 Å². The Morgan fingerprint density at radius 1 is 0.439 bits per heavy atom. The van der Waals surface area contributed by atoms with E-state index in [0.29, 0.717) is 5.92 Å². The summed E-state index contributed by atoms with van der Waals surface area (Å²) in [7, 11) is 0. The van der Waals surface area contributed by atoms with Gasteiger partial charge >= 0.3 is 0 Å². The molecule has 0 unspecified atom stereocenters. The van der Waals surface area contributed by atoms with Crippen LogP contribution >= 0.6 is 0 Å². The van der Waals surface area contributed by atoms with Gasteiger partial charge in [-0.1, -0.05) is 89.5 Å². The van der Waals surface area contributed by atoms with Crippen molar-refractivity contribution in [3.63, 3.8) is 0 Å². The van der Waals surface area contributed by atoms with Gasteiger partial charge < -0.3 is 10.6 Å². The van der Waals surface area contributed by atoms with E-state index in [-0.39, 0.29) is 5.41 Å². The maximum atomic E-state index is 3.57. The van der Waals surface area contributed by atoms with Crippen molar-refractivity contribution in [1.29, 1.82) is 0 Å². The van der Waals surface area contributed by atoms with Gasteiger partial charge in [0.25, 0.3) is 0 Å². The second kappa shape index (κ2) is 11.7. The minimum Gasteiger partial charge on any atom is -0.356 e. The average molecular weight is 537 g/mol. The fourth-order valence-electron chi connectivity index (χ4n) is 6.38. The molecule has 5 aromatic rings. The maximum Gasteiger partial charge on any atom is 0.0384 e. The first-order chi connectivity index (χ1) is 20.0. The molecule has 0 aromatic heterocycles. The summed E-state index contributed by atoms with van der Waals surface area (Å²) in [5.41, 5.74) is 12.7. The zero-order valence-electron chi connectivity index (χ0n) is 24.5. The number of hydrogen-bond acceptors (Lipinski definition) is 2. The van der Waals surface area contributed by atoms with Crippen molar-refractivity contribution in [2.24, 2.45) is 0 Å². The Labute approximate surface area is 245 Å². The molecule has 0 bridgehead atoms. The monoisotopic (exact) mass is 536 g/mol. The fourth-order valence-corrected chi connectivity index (χ4v) is 6.38. The smallest absolute Gasteiger partial charge is 0.0384 e. The molecule has 6 rings (SSSR count). The van der Waals surface area contributed by atoms with Crippen molar-refractivity contribution in [2.75, 3.05) is 10.6 Å². The highest BCUT2D eigenvalue weighted by atomic mass is 14.9. The molecule has 206 valence electrons. The zero-order valence-corrected chi connectivity index (χ0v) is 24.5. The average Bonchev–Trinajstić information content (AvgIpc) is 3.01. The van der Waals surface area contributed by atoms with Crippen LogP contribution in [-0.2, 0) is 5.41 Å². The van der Waals surface area contributed by atoms with E-state index in [4.69, 9.17) is 0 Å². The molecule has 2 N–H and O–H groups in total. The summed E-state index contributed by atoms with van der Waals surface area (Å²) < 4.78 is 0. The quantitative estimate of drug-likeness (QED) is 0.216. The number of rotatable bonds is 7. The second-order valence-electron chi connectivity index (χ2n) is 11.9. The van der Waals surface area contributed by atoms with Crippen molar-refractivity contribution in [2.45, 2.75) is 57.8 Å². The van der Waals surface area contributed by atoms with Crippen LogP contribution in [0.25, 0.3) is 0 Å². The van der Waals surface area contributed by atoms with Gasteiger partial charge in [-0.3, -0.25) is 0 Å². The number of anilines is 4. The molecule has 0 atom stereocenters. The Balaban J connectivity index is 1.27. The minimum absolute atomic E-state index is 0.00593. The molecule has 1 aliphatic rings. The van der Waals surface area contributed by atoms with Gasteiger partial charge in [-0.05, 0) is 118 Å². The van der Waals surface area contributed by atoms with Gasteiger partial charge in [0, 0.05) is 28.2 Å². The van der Waals surface area contributed by atoms with Crippen LogP contribution < -0.4 is 10.6 Å². The number of benzene rings is 5. The lowest BCUT2D eigenvalue weighted by molar-refractivity contribution is 0.315. The lowest BCUT2D eigenvalue weighted by Gasteiger charge is -2.42. The zero-order chi connectivity index (χ0) is 28.2. The molecule has 0 amide bonds. The topological polar surface area (TPSA) is 24.1 Å². The van der Waals surface area contributed by atoms with Gasteiger partial charge in [0.2, 0.25) is 0 Å². The summed E-state index contributed by atoms with van der Waals surface area (Å²) in [6.45, 7) is 6.41. The molecule has 2 nitrogen and oxygen atoms in total. The van der Waals surface area contributed by atoms with Gasteiger partial charge in [-0.15, -0.1) is 0 Å². The van der Waals surface area contributed by atoms with Crippen LogP contribution in [0.1, 0.15) is 65.0 Å². The second-order valence-corrected chi connectivity index (χ2v) is 11.9. The van der Waals surface area contributed by atoms with Crippen LogP contribution in [0.5, 0.6) is 0 Å². The highest BCUT2D eigenvalue weighted by Crippen LogP contribution is 2.49. The van der Waals surface area contributed by atoms with Gasteiger partial charge in [-0.2, -0.15) is 0 Å². The van der Waals surface area contributed by atoms with Crippen molar-refractivity contribution in [1.82, 2.24) is 0 Å². The van der Waals surface area contributed by atoms with E-state index in [1.165, 1.54) is 46.2 Å². The molecule has 0 aliphatic heterocycles. The Morgan fingerprint density at radius 2 is 0.756 bits per heavy atom. The molecule has 2 heteroatoms. The lowest BCUT2D eigenvalue weighted by Crippen LogP contribution is -2.32. The molecular weight excluding hydrogens is 496 g/mol. The SMILES string of the molecule is Cc1ccc(Nc2ccc(C3(c4ccc(Nc5ccc(C)cc5)cc4)CCC(c4ccc(C)cc4)CC3)cc2)cc1. The van der Waals surface area contributed by atoms with Crippen molar-refractivity contribution in [3.05, 3.63) is 155 Å². The standard InChI is InChI=1S/C39H40N2/c1-28-4-10-31(11-5-28)32-24-26-39(27-25-32,33-12-20-37(21-13-33)40-35-16-6-29(2)7-17-35)34-14-22-38(23-15-34)41-36-18-8-30(3)9-19-36/h4-23,32,40-41H,24-27H2,1-3H3. The number of hydrogen-bond donors (Lipinski definition) is 2. The molecular formula is C39H40N2. The Bertz CT molecular complexity index is 1460. The van der Waals surface area contributed by atoms with E-state index in [9.17, 15) is 0 Å². The summed E-state index contributed by atoms with van der Waals surface area (Å²) in [6.07, 6.45) is 4.66. The first-order valence-corrected chi connectivity index (χ1v) is 14.9. The molecule has 0 heterocycles. The fraction of sp³-hybridized carbons (Fsp3) is 0.231. The molecule has 1 fully saturated rings. The van der Waals surface area contributed by atoms with Crippen LogP contribution in [0.2, 0.25) is 0 Å². The summed E-state index contributed by atoms with van der Waals surface area (Å²) in [5, 5.41) is 7.14. The molecule has 0 spiro atoms. The lowest BCUT2D eigenvalue weighted by atomic mass is 9.62. The van der Waals surface area contributed by atoms with E-state index in [1.54, 1.807) is 0 Å². The van der Waals surface area contributed by atoms with E-state index in [1.807, 2.05) is 0 Å². The van der Waals surface area contributed by atoms with Gasteiger partial charge in [0.1, 0.15) is 0 Å². The third kappa shape index (κ3) is 6.07. The predicted octanol–water partition coefficient (Wildman–Crippen LogP) is 10.7. The summed E-state index contributed by atoms with van der Waals surface area (Å²) in [4.78, 5) is 0. The van der Waals surface area contributed by atoms with E-state index in [0.717, 1.165) is 35.6 Å². The van der Waals surface area contributed by atoms with Gasteiger partial charge in [0.05, 0.1) is 0 Å². The normalized spacial score (nSPS) is 14.9. The first-order valence-electron chi connectivity index (χ1n) is 14.9. The largest absolute Gasteiger partial charge is 0.356 e. The summed E-state index contributed by atoms with van der Waals surface area (Å²) in [6, 6.07) is 44.7. The highest BCUT2D eigenvalue weighted by Gasteiger charge is 2.38. The molecule has 0 radical (unpaired) electrons. The molecule has 1 aliphatic carbocycles. The Morgan fingerprint density at radius 3 is 1.12 bits per heavy atom. The molecule has 0 saturated heterocycles. The summed E-state index contributed by atoms with van der Waals surface area (Å²) in [5.74, 6) is 0.619.